The Morgan fingerprint density at radius 3 is 2.47 bits per heavy atom. The van der Waals surface area contributed by atoms with Crippen molar-refractivity contribution in [1.29, 1.82) is 0 Å². The maximum atomic E-state index is 13.4. The minimum Gasteiger partial charge on any atom is -0.324 e. The molecule has 0 saturated heterocycles. The first-order valence-corrected chi connectivity index (χ1v) is 10.8. The number of halogens is 1. The minimum absolute atomic E-state index is 0.299. The normalized spacial score (nSPS) is 12.2. The summed E-state index contributed by atoms with van der Waals surface area (Å²) in [5, 5.41) is 13.3. The quantitative estimate of drug-likeness (QED) is 0.476. The molecule has 7 nitrogen and oxygen atoms in total. The van der Waals surface area contributed by atoms with E-state index < -0.39 is 11.6 Å². The molecule has 1 unspecified atom stereocenters. The first-order chi connectivity index (χ1) is 15.3. The number of anilines is 1. The molecule has 1 atom stereocenters. The van der Waals surface area contributed by atoms with Gasteiger partial charge in [0, 0.05) is 10.7 Å². The summed E-state index contributed by atoms with van der Waals surface area (Å²) in [4.78, 5) is 26.5. The average Bonchev–Trinajstić information content (AvgIpc) is 3.13. The summed E-state index contributed by atoms with van der Waals surface area (Å²) < 4.78 is 2.99. The number of benzene rings is 2. The van der Waals surface area contributed by atoms with E-state index in [2.05, 4.69) is 15.5 Å². The van der Waals surface area contributed by atoms with Crippen LogP contribution < -0.4 is 10.9 Å². The number of hydrogen-bond acceptors (Lipinski definition) is 4. The highest BCUT2D eigenvalue weighted by atomic mass is 35.5. The number of rotatable bonds is 5. The van der Waals surface area contributed by atoms with Crippen LogP contribution in [-0.4, -0.2) is 25.5 Å². The van der Waals surface area contributed by atoms with Crippen LogP contribution in [0.15, 0.2) is 53.3 Å². The third-order valence-corrected chi connectivity index (χ3v) is 5.81. The maximum absolute atomic E-state index is 13.4. The first kappa shape index (κ1) is 21.8. The second-order valence-electron chi connectivity index (χ2n) is 7.76. The van der Waals surface area contributed by atoms with Crippen LogP contribution in [-0.2, 0) is 4.79 Å². The highest BCUT2D eigenvalue weighted by Crippen LogP contribution is 2.24. The fourth-order valence-electron chi connectivity index (χ4n) is 3.94. The molecular weight excluding hydrogens is 426 g/mol. The number of aryl methyl sites for hydroxylation is 3. The molecule has 2 aromatic heterocycles. The van der Waals surface area contributed by atoms with Gasteiger partial charge in [-0.1, -0.05) is 36.7 Å². The molecule has 0 bridgehead atoms. The molecule has 164 valence electrons. The monoisotopic (exact) mass is 449 g/mol. The van der Waals surface area contributed by atoms with E-state index >= 15 is 0 Å². The van der Waals surface area contributed by atoms with Crippen LogP contribution in [0.25, 0.3) is 16.6 Å². The van der Waals surface area contributed by atoms with Crippen molar-refractivity contribution in [3.05, 3.63) is 80.9 Å². The molecule has 4 aromatic rings. The Bertz CT molecular complexity index is 1370. The Hall–Kier alpha value is -3.45. The van der Waals surface area contributed by atoms with Gasteiger partial charge in [0.2, 0.25) is 5.91 Å². The van der Waals surface area contributed by atoms with Crippen molar-refractivity contribution in [2.45, 2.75) is 40.2 Å². The Labute approximate surface area is 190 Å². The molecule has 4 rings (SSSR count). The summed E-state index contributed by atoms with van der Waals surface area (Å²) in [7, 11) is 0. The molecule has 1 N–H and O–H groups in total. The molecule has 0 fully saturated rings. The lowest BCUT2D eigenvalue weighted by atomic mass is 10.1. The topological polar surface area (TPSA) is 81.8 Å². The van der Waals surface area contributed by atoms with E-state index in [9.17, 15) is 9.59 Å². The zero-order valence-electron chi connectivity index (χ0n) is 18.4. The van der Waals surface area contributed by atoms with Gasteiger partial charge in [-0.2, -0.15) is 10.2 Å². The fourth-order valence-corrected chi connectivity index (χ4v) is 4.16. The highest BCUT2D eigenvalue weighted by Gasteiger charge is 2.25. The number of aromatic nitrogens is 4. The molecule has 32 heavy (non-hydrogen) atoms. The van der Waals surface area contributed by atoms with Crippen molar-refractivity contribution in [3.63, 3.8) is 0 Å². The third-order valence-electron chi connectivity index (χ3n) is 5.58. The smallest absolute Gasteiger partial charge is 0.295 e. The van der Waals surface area contributed by atoms with Crippen molar-refractivity contribution in [1.82, 2.24) is 19.6 Å². The predicted octanol–water partition coefficient (Wildman–Crippen LogP) is 4.75. The lowest BCUT2D eigenvalue weighted by Crippen LogP contribution is -2.35. The van der Waals surface area contributed by atoms with Crippen molar-refractivity contribution in [3.8, 4) is 5.69 Å². The second-order valence-corrected chi connectivity index (χ2v) is 8.20. The molecule has 0 aliphatic heterocycles. The van der Waals surface area contributed by atoms with Gasteiger partial charge >= 0.3 is 0 Å². The molecular formula is C24H24ClN5O2. The van der Waals surface area contributed by atoms with Crippen LogP contribution >= 0.6 is 11.6 Å². The van der Waals surface area contributed by atoms with Crippen LogP contribution in [0.1, 0.15) is 36.3 Å². The van der Waals surface area contributed by atoms with E-state index in [1.807, 2.05) is 58.0 Å². The molecule has 0 saturated carbocycles. The molecule has 0 radical (unpaired) electrons. The van der Waals surface area contributed by atoms with Gasteiger partial charge in [-0.25, -0.2) is 9.36 Å². The van der Waals surface area contributed by atoms with E-state index in [-0.39, 0.29) is 5.91 Å². The van der Waals surface area contributed by atoms with Gasteiger partial charge in [0.15, 0.2) is 5.52 Å². The number of fused-ring (bicyclic) bond motifs is 1. The van der Waals surface area contributed by atoms with E-state index in [0.717, 1.165) is 16.9 Å². The molecule has 0 aliphatic rings. The SMILES string of the molecule is CCC(C(=O)Nc1ccc(Cl)cc1C)n1nc(C)c2c(C)n(-c3ccccc3)nc2c1=O. The van der Waals surface area contributed by atoms with E-state index in [1.54, 1.807) is 22.9 Å². The third kappa shape index (κ3) is 3.80. The zero-order chi connectivity index (χ0) is 23.0. The van der Waals surface area contributed by atoms with Gasteiger partial charge < -0.3 is 5.32 Å². The molecule has 1 amide bonds. The van der Waals surface area contributed by atoms with Crippen molar-refractivity contribution >= 4 is 34.1 Å². The largest absolute Gasteiger partial charge is 0.324 e. The minimum atomic E-state index is -0.775. The van der Waals surface area contributed by atoms with Gasteiger partial charge in [0.05, 0.1) is 22.5 Å². The number of amides is 1. The highest BCUT2D eigenvalue weighted by molar-refractivity contribution is 6.30. The summed E-state index contributed by atoms with van der Waals surface area (Å²) in [5.41, 5.74) is 3.72. The Morgan fingerprint density at radius 1 is 1.09 bits per heavy atom. The summed E-state index contributed by atoms with van der Waals surface area (Å²) in [6, 6.07) is 14.1. The first-order valence-electron chi connectivity index (χ1n) is 10.4. The number of nitrogens with zero attached hydrogens (tertiary/aromatic N) is 4. The van der Waals surface area contributed by atoms with E-state index in [4.69, 9.17) is 11.6 Å². The van der Waals surface area contributed by atoms with E-state index in [0.29, 0.717) is 33.7 Å². The number of para-hydroxylation sites is 1. The number of nitrogens with one attached hydrogen (secondary N) is 1. The molecule has 8 heteroatoms. The molecule has 0 spiro atoms. The zero-order valence-corrected chi connectivity index (χ0v) is 19.1. The van der Waals surface area contributed by atoms with Crippen LogP contribution in [0.2, 0.25) is 5.02 Å². The summed E-state index contributed by atoms with van der Waals surface area (Å²) in [5.74, 6) is -0.314. The van der Waals surface area contributed by atoms with Crippen LogP contribution in [0.3, 0.4) is 0 Å². The summed E-state index contributed by atoms with van der Waals surface area (Å²) in [6.07, 6.45) is 0.398. The van der Waals surface area contributed by atoms with Crippen molar-refractivity contribution in [2.75, 3.05) is 5.32 Å². The van der Waals surface area contributed by atoms with Crippen LogP contribution in [0, 0.1) is 20.8 Å². The summed E-state index contributed by atoms with van der Waals surface area (Å²) in [6.45, 7) is 7.45. The Kier molecular flexibility index (Phi) is 5.84. The van der Waals surface area contributed by atoms with Crippen LogP contribution in [0.4, 0.5) is 5.69 Å². The van der Waals surface area contributed by atoms with Crippen LogP contribution in [0.5, 0.6) is 0 Å². The second kappa shape index (κ2) is 8.59. The standard InChI is InChI=1S/C24H24ClN5O2/c1-5-20(23(31)26-19-12-11-17(25)13-14(19)2)30-24(32)22-21(15(3)27-30)16(4)29(28-22)18-9-7-6-8-10-18/h6-13,20H,5H2,1-4H3,(H,26,31). The Morgan fingerprint density at radius 2 is 1.81 bits per heavy atom. The maximum Gasteiger partial charge on any atom is 0.295 e. The Balaban J connectivity index is 1.78. The van der Waals surface area contributed by atoms with Gasteiger partial charge in [-0.05, 0) is 63.1 Å². The fraction of sp³-hybridized carbons (Fsp3) is 0.250. The number of carbonyl (C=O) groups excluding carboxylic acids is 1. The molecule has 2 aromatic carbocycles. The van der Waals surface area contributed by atoms with Gasteiger partial charge in [0.25, 0.3) is 5.56 Å². The average molecular weight is 450 g/mol. The van der Waals surface area contributed by atoms with Crippen molar-refractivity contribution < 1.29 is 4.79 Å². The summed E-state index contributed by atoms with van der Waals surface area (Å²) >= 11 is 6.01. The number of hydrogen-bond donors (Lipinski definition) is 1. The van der Waals surface area contributed by atoms with Crippen molar-refractivity contribution in [2.24, 2.45) is 0 Å². The number of carbonyl (C=O) groups is 1. The molecule has 2 heterocycles. The lowest BCUT2D eigenvalue weighted by molar-refractivity contribution is -0.119. The van der Waals surface area contributed by atoms with Gasteiger partial charge in [0.1, 0.15) is 6.04 Å². The lowest BCUT2D eigenvalue weighted by Gasteiger charge is -2.18. The molecule has 0 aliphatic carbocycles. The predicted molar refractivity (Wildman–Crippen MR) is 127 cm³/mol. The van der Waals surface area contributed by atoms with E-state index in [1.165, 1.54) is 4.68 Å². The van der Waals surface area contributed by atoms with Gasteiger partial charge in [-0.3, -0.25) is 9.59 Å². The van der Waals surface area contributed by atoms with Gasteiger partial charge in [-0.15, -0.1) is 0 Å².